The number of hydrogen-bond acceptors (Lipinski definition) is 4. The lowest BCUT2D eigenvalue weighted by atomic mass is 10.1. The minimum absolute atomic E-state index is 0.0373. The van der Waals surface area contributed by atoms with E-state index in [9.17, 15) is 4.79 Å². The van der Waals surface area contributed by atoms with Crippen molar-refractivity contribution in [1.82, 2.24) is 5.32 Å². The van der Waals surface area contributed by atoms with Crippen LogP contribution in [0.15, 0.2) is 18.2 Å². The summed E-state index contributed by atoms with van der Waals surface area (Å²) >= 11 is 0. The van der Waals surface area contributed by atoms with Gasteiger partial charge in [0.1, 0.15) is 0 Å². The van der Waals surface area contributed by atoms with Gasteiger partial charge < -0.3 is 20.5 Å². The molecule has 0 aromatic heterocycles. The van der Waals surface area contributed by atoms with Gasteiger partial charge in [-0.2, -0.15) is 0 Å². The number of carbonyl (C=O) groups is 1. The Labute approximate surface area is 101 Å². The molecule has 0 aliphatic heterocycles. The molecule has 0 radical (unpaired) electrons. The number of rotatable bonds is 5. The first kappa shape index (κ1) is 13.3. The summed E-state index contributed by atoms with van der Waals surface area (Å²) in [4.78, 5) is 11.1. The molecule has 94 valence electrons. The third-order valence-electron chi connectivity index (χ3n) is 2.35. The molecule has 0 bridgehead atoms. The third-order valence-corrected chi connectivity index (χ3v) is 2.35. The lowest BCUT2D eigenvalue weighted by Gasteiger charge is -2.13. The molecule has 0 spiro atoms. The Morgan fingerprint density at radius 2 is 2.18 bits per heavy atom. The number of benzene rings is 1. The van der Waals surface area contributed by atoms with E-state index in [4.69, 9.17) is 15.2 Å². The number of nitrogens with one attached hydrogen (secondary N) is 1. The number of ether oxygens (including phenoxy) is 2. The molecule has 1 aromatic rings. The topological polar surface area (TPSA) is 73.6 Å². The van der Waals surface area contributed by atoms with Crippen LogP contribution in [0, 0.1) is 0 Å². The zero-order valence-electron chi connectivity index (χ0n) is 10.3. The molecule has 5 nitrogen and oxygen atoms in total. The Balaban J connectivity index is 2.81. The second-order valence-corrected chi connectivity index (χ2v) is 3.66. The van der Waals surface area contributed by atoms with Gasteiger partial charge in [0.05, 0.1) is 7.11 Å². The van der Waals surface area contributed by atoms with Crippen LogP contribution >= 0.6 is 0 Å². The maximum absolute atomic E-state index is 11.1. The van der Waals surface area contributed by atoms with E-state index < -0.39 is 0 Å². The van der Waals surface area contributed by atoms with E-state index in [0.717, 1.165) is 5.56 Å². The molecule has 0 heterocycles. The predicted octanol–water partition coefficient (Wildman–Crippen LogP) is 0.840. The first-order chi connectivity index (χ1) is 8.08. The number of hydrogen-bond donors (Lipinski definition) is 2. The fraction of sp³-hybridized carbons (Fsp3) is 0.417. The maximum atomic E-state index is 11.1. The molecule has 17 heavy (non-hydrogen) atoms. The van der Waals surface area contributed by atoms with Crippen molar-refractivity contribution < 1.29 is 14.3 Å². The van der Waals surface area contributed by atoms with Crippen LogP contribution in [0.3, 0.4) is 0 Å². The van der Waals surface area contributed by atoms with Crippen molar-refractivity contribution in [1.29, 1.82) is 0 Å². The first-order valence-corrected chi connectivity index (χ1v) is 5.35. The Morgan fingerprint density at radius 1 is 1.47 bits per heavy atom. The largest absolute Gasteiger partial charge is 0.493 e. The predicted molar refractivity (Wildman–Crippen MR) is 65.2 cm³/mol. The average Bonchev–Trinajstić information content (AvgIpc) is 2.35. The van der Waals surface area contributed by atoms with Crippen LogP contribution in [0.25, 0.3) is 0 Å². The monoisotopic (exact) mass is 238 g/mol. The van der Waals surface area contributed by atoms with Crippen LogP contribution in [-0.4, -0.2) is 26.7 Å². The smallest absolute Gasteiger partial charge is 0.257 e. The SMILES string of the molecule is CNC(=O)COc1ccc(C(C)N)cc1OC. The molecule has 0 aliphatic carbocycles. The van der Waals surface area contributed by atoms with E-state index in [-0.39, 0.29) is 18.6 Å². The zero-order chi connectivity index (χ0) is 12.8. The highest BCUT2D eigenvalue weighted by Crippen LogP contribution is 2.29. The fourth-order valence-corrected chi connectivity index (χ4v) is 1.30. The minimum Gasteiger partial charge on any atom is -0.493 e. The van der Waals surface area contributed by atoms with Gasteiger partial charge in [-0.3, -0.25) is 4.79 Å². The molecule has 0 aliphatic rings. The van der Waals surface area contributed by atoms with E-state index in [1.165, 1.54) is 0 Å². The summed E-state index contributed by atoms with van der Waals surface area (Å²) in [5.41, 5.74) is 6.72. The molecule has 1 atom stereocenters. The normalized spacial score (nSPS) is 11.8. The van der Waals surface area contributed by atoms with Gasteiger partial charge in [-0.05, 0) is 24.6 Å². The Bertz CT molecular complexity index is 391. The molecule has 0 saturated carbocycles. The summed E-state index contributed by atoms with van der Waals surface area (Å²) in [6, 6.07) is 5.34. The number of nitrogens with two attached hydrogens (primary N) is 1. The summed E-state index contributed by atoms with van der Waals surface area (Å²) in [5.74, 6) is 0.910. The van der Waals surface area contributed by atoms with Gasteiger partial charge >= 0.3 is 0 Å². The molecule has 1 amide bonds. The average molecular weight is 238 g/mol. The van der Waals surface area contributed by atoms with Crippen LogP contribution < -0.4 is 20.5 Å². The quantitative estimate of drug-likeness (QED) is 0.797. The van der Waals surface area contributed by atoms with Crippen LogP contribution in [0.4, 0.5) is 0 Å². The van der Waals surface area contributed by atoms with Crippen molar-refractivity contribution in [3.05, 3.63) is 23.8 Å². The fourth-order valence-electron chi connectivity index (χ4n) is 1.30. The highest BCUT2D eigenvalue weighted by atomic mass is 16.5. The van der Waals surface area contributed by atoms with Gasteiger partial charge in [0, 0.05) is 13.1 Å². The van der Waals surface area contributed by atoms with Gasteiger partial charge in [-0.15, -0.1) is 0 Å². The molecule has 0 fully saturated rings. The number of methoxy groups -OCH3 is 1. The molecule has 0 saturated heterocycles. The van der Waals surface area contributed by atoms with Crippen LogP contribution in [-0.2, 0) is 4.79 Å². The number of carbonyl (C=O) groups excluding carboxylic acids is 1. The molecule has 3 N–H and O–H groups in total. The van der Waals surface area contributed by atoms with E-state index in [2.05, 4.69) is 5.32 Å². The molecule has 1 unspecified atom stereocenters. The van der Waals surface area contributed by atoms with Crippen LogP contribution in [0.2, 0.25) is 0 Å². The van der Waals surface area contributed by atoms with Gasteiger partial charge in [-0.1, -0.05) is 6.07 Å². The zero-order valence-corrected chi connectivity index (χ0v) is 10.3. The van der Waals surface area contributed by atoms with Gasteiger partial charge in [0.2, 0.25) is 0 Å². The van der Waals surface area contributed by atoms with E-state index in [1.807, 2.05) is 19.1 Å². The van der Waals surface area contributed by atoms with E-state index in [0.29, 0.717) is 11.5 Å². The first-order valence-electron chi connectivity index (χ1n) is 5.35. The van der Waals surface area contributed by atoms with Gasteiger partial charge in [0.15, 0.2) is 18.1 Å². The Kier molecular flexibility index (Phi) is 4.78. The van der Waals surface area contributed by atoms with Crippen molar-refractivity contribution in [2.75, 3.05) is 20.8 Å². The Hall–Kier alpha value is -1.75. The lowest BCUT2D eigenvalue weighted by Crippen LogP contribution is -2.24. The second-order valence-electron chi connectivity index (χ2n) is 3.66. The highest BCUT2D eigenvalue weighted by Gasteiger charge is 2.09. The highest BCUT2D eigenvalue weighted by molar-refractivity contribution is 5.77. The molecule has 1 rings (SSSR count). The lowest BCUT2D eigenvalue weighted by molar-refractivity contribution is -0.122. The summed E-state index contributed by atoms with van der Waals surface area (Å²) < 4.78 is 10.5. The summed E-state index contributed by atoms with van der Waals surface area (Å²) in [5, 5.41) is 2.48. The minimum atomic E-state index is -0.191. The van der Waals surface area contributed by atoms with Crippen molar-refractivity contribution in [2.24, 2.45) is 5.73 Å². The van der Waals surface area contributed by atoms with E-state index in [1.54, 1.807) is 20.2 Å². The van der Waals surface area contributed by atoms with Crippen molar-refractivity contribution in [3.63, 3.8) is 0 Å². The van der Waals surface area contributed by atoms with Crippen molar-refractivity contribution >= 4 is 5.91 Å². The van der Waals surface area contributed by atoms with Crippen LogP contribution in [0.5, 0.6) is 11.5 Å². The summed E-state index contributed by atoms with van der Waals surface area (Å²) in [6.45, 7) is 1.85. The standard InChI is InChI=1S/C12H18N2O3/c1-8(13)9-4-5-10(11(6-9)16-3)17-7-12(15)14-2/h4-6,8H,7,13H2,1-3H3,(H,14,15). The number of likely N-dealkylation sites (N-methyl/N-ethyl adjacent to an activating group) is 1. The Morgan fingerprint density at radius 3 is 2.71 bits per heavy atom. The number of amides is 1. The molecule has 1 aromatic carbocycles. The van der Waals surface area contributed by atoms with Crippen molar-refractivity contribution in [3.8, 4) is 11.5 Å². The summed E-state index contributed by atoms with van der Waals surface area (Å²) in [7, 11) is 3.11. The van der Waals surface area contributed by atoms with Gasteiger partial charge in [0.25, 0.3) is 5.91 Å². The van der Waals surface area contributed by atoms with E-state index >= 15 is 0 Å². The molecular formula is C12H18N2O3. The van der Waals surface area contributed by atoms with Gasteiger partial charge in [-0.25, -0.2) is 0 Å². The molecular weight excluding hydrogens is 220 g/mol. The third kappa shape index (κ3) is 3.64. The van der Waals surface area contributed by atoms with Crippen LogP contribution in [0.1, 0.15) is 18.5 Å². The summed E-state index contributed by atoms with van der Waals surface area (Å²) in [6.07, 6.45) is 0. The van der Waals surface area contributed by atoms with Crippen molar-refractivity contribution in [2.45, 2.75) is 13.0 Å². The second kappa shape index (κ2) is 6.10. The maximum Gasteiger partial charge on any atom is 0.257 e. The molecule has 5 heteroatoms.